The summed E-state index contributed by atoms with van der Waals surface area (Å²) in [6.45, 7) is 0. The molecule has 0 aliphatic heterocycles. The van der Waals surface area contributed by atoms with E-state index >= 15 is 0 Å². The van der Waals surface area contributed by atoms with E-state index in [9.17, 15) is 0 Å². The van der Waals surface area contributed by atoms with Gasteiger partial charge in [0.05, 0.1) is 11.4 Å². The first-order chi connectivity index (χ1) is 24.3. The Labute approximate surface area is 282 Å². The number of furan rings is 2. The fraction of sp³-hybridized carbons (Fsp3) is 0. The number of benzene rings is 8. The van der Waals surface area contributed by atoms with Gasteiger partial charge in [-0.3, -0.25) is 0 Å². The number of hydrogen-bond donors (Lipinski definition) is 0. The molecule has 0 amide bonds. The molecule has 3 heteroatoms. The first kappa shape index (κ1) is 27.5. The predicted octanol–water partition coefficient (Wildman–Crippen LogP) is 13.4. The highest BCUT2D eigenvalue weighted by Gasteiger charge is 2.23. The molecule has 0 aliphatic rings. The van der Waals surface area contributed by atoms with E-state index in [2.05, 4.69) is 163 Å². The Morgan fingerprint density at radius 2 is 0.980 bits per heavy atom. The highest BCUT2D eigenvalue weighted by molar-refractivity contribution is 6.18. The Morgan fingerprint density at radius 1 is 0.347 bits per heavy atom. The van der Waals surface area contributed by atoms with Crippen LogP contribution in [0.3, 0.4) is 0 Å². The third kappa shape index (κ3) is 4.37. The van der Waals surface area contributed by atoms with Crippen LogP contribution >= 0.6 is 0 Å². The van der Waals surface area contributed by atoms with Crippen molar-refractivity contribution in [1.82, 2.24) is 0 Å². The number of para-hydroxylation sites is 3. The molecule has 3 nitrogen and oxygen atoms in total. The first-order valence-corrected chi connectivity index (χ1v) is 16.6. The minimum Gasteiger partial charge on any atom is -0.456 e. The average Bonchev–Trinajstić information content (AvgIpc) is 3.75. The highest BCUT2D eigenvalue weighted by Crippen LogP contribution is 2.46. The molecule has 0 N–H and O–H groups in total. The Kier molecular flexibility index (Phi) is 6.18. The summed E-state index contributed by atoms with van der Waals surface area (Å²) in [6.07, 6.45) is 0. The molecule has 2 heterocycles. The van der Waals surface area contributed by atoms with Crippen molar-refractivity contribution < 1.29 is 8.83 Å². The van der Waals surface area contributed by atoms with E-state index in [-0.39, 0.29) is 0 Å². The summed E-state index contributed by atoms with van der Waals surface area (Å²) in [7, 11) is 0. The number of rotatable bonds is 5. The SMILES string of the molecule is c1ccc(-c2ccccc2N(c2ccc(-c3cccc4oc5ccccc5c34)cc2)c2cccc3c2oc2c4ccccc4ccc32)cc1. The smallest absolute Gasteiger partial charge is 0.159 e. The Bertz CT molecular complexity index is 2830. The first-order valence-electron chi connectivity index (χ1n) is 16.6. The van der Waals surface area contributed by atoms with Crippen molar-refractivity contribution in [2.24, 2.45) is 0 Å². The zero-order valence-corrected chi connectivity index (χ0v) is 26.5. The second kappa shape index (κ2) is 11.0. The molecule has 10 rings (SSSR count). The molecule has 0 saturated heterocycles. The maximum atomic E-state index is 6.89. The average molecular weight is 628 g/mol. The molecule has 8 aromatic carbocycles. The molecule has 2 aromatic heterocycles. The van der Waals surface area contributed by atoms with Crippen LogP contribution in [-0.2, 0) is 0 Å². The number of anilines is 3. The molecule has 0 fully saturated rings. The van der Waals surface area contributed by atoms with Crippen LogP contribution in [-0.4, -0.2) is 0 Å². The summed E-state index contributed by atoms with van der Waals surface area (Å²) in [4.78, 5) is 2.34. The van der Waals surface area contributed by atoms with Crippen molar-refractivity contribution in [2.75, 3.05) is 4.90 Å². The monoisotopic (exact) mass is 627 g/mol. The summed E-state index contributed by atoms with van der Waals surface area (Å²) in [5.41, 5.74) is 11.2. The van der Waals surface area contributed by atoms with E-state index in [0.29, 0.717) is 0 Å². The van der Waals surface area contributed by atoms with Gasteiger partial charge in [-0.2, -0.15) is 0 Å². The van der Waals surface area contributed by atoms with Crippen molar-refractivity contribution in [3.63, 3.8) is 0 Å². The van der Waals surface area contributed by atoms with Crippen LogP contribution in [0.2, 0.25) is 0 Å². The van der Waals surface area contributed by atoms with Gasteiger partial charge in [-0.05, 0) is 64.5 Å². The largest absolute Gasteiger partial charge is 0.456 e. The zero-order chi connectivity index (χ0) is 32.3. The second-order valence-corrected chi connectivity index (χ2v) is 12.5. The topological polar surface area (TPSA) is 29.5 Å². The lowest BCUT2D eigenvalue weighted by atomic mass is 9.98. The van der Waals surface area contributed by atoms with Crippen LogP contribution in [0.25, 0.3) is 76.9 Å². The van der Waals surface area contributed by atoms with Crippen LogP contribution in [0, 0.1) is 0 Å². The van der Waals surface area contributed by atoms with E-state index in [1.165, 1.54) is 0 Å². The lowest BCUT2D eigenvalue weighted by Crippen LogP contribution is -2.11. The molecule has 0 bridgehead atoms. The van der Waals surface area contributed by atoms with E-state index in [1.54, 1.807) is 0 Å². The fourth-order valence-corrected chi connectivity index (χ4v) is 7.43. The van der Waals surface area contributed by atoms with Crippen molar-refractivity contribution in [3.05, 3.63) is 176 Å². The molecule has 0 spiro atoms. The van der Waals surface area contributed by atoms with Crippen LogP contribution < -0.4 is 4.90 Å². The molecule has 0 radical (unpaired) electrons. The van der Waals surface area contributed by atoms with Crippen LogP contribution in [0.15, 0.2) is 185 Å². The zero-order valence-electron chi connectivity index (χ0n) is 26.5. The molecule has 0 aliphatic carbocycles. The van der Waals surface area contributed by atoms with Gasteiger partial charge < -0.3 is 13.7 Å². The van der Waals surface area contributed by atoms with Gasteiger partial charge in [0.1, 0.15) is 16.7 Å². The molecule has 0 unspecified atom stereocenters. The summed E-state index contributed by atoms with van der Waals surface area (Å²) in [5.74, 6) is 0. The number of fused-ring (bicyclic) bond motifs is 8. The third-order valence-electron chi connectivity index (χ3n) is 9.68. The molecular weight excluding hydrogens is 599 g/mol. The van der Waals surface area contributed by atoms with Gasteiger partial charge in [0.25, 0.3) is 0 Å². The Balaban J connectivity index is 1.20. The maximum Gasteiger partial charge on any atom is 0.159 e. The molecule has 49 heavy (non-hydrogen) atoms. The van der Waals surface area contributed by atoms with E-state index < -0.39 is 0 Å². The Hall–Kier alpha value is -6.58. The van der Waals surface area contributed by atoms with Gasteiger partial charge in [-0.15, -0.1) is 0 Å². The summed E-state index contributed by atoms with van der Waals surface area (Å²) in [5, 5.41) is 6.75. The second-order valence-electron chi connectivity index (χ2n) is 12.5. The van der Waals surface area contributed by atoms with Crippen molar-refractivity contribution in [2.45, 2.75) is 0 Å². The van der Waals surface area contributed by atoms with Gasteiger partial charge in [0, 0.05) is 38.2 Å². The van der Waals surface area contributed by atoms with Crippen molar-refractivity contribution in [1.29, 1.82) is 0 Å². The fourth-order valence-electron chi connectivity index (χ4n) is 7.43. The summed E-state index contributed by atoms with van der Waals surface area (Å²) >= 11 is 0. The third-order valence-corrected chi connectivity index (χ3v) is 9.68. The van der Waals surface area contributed by atoms with Crippen LogP contribution in [0.1, 0.15) is 0 Å². The minimum absolute atomic E-state index is 0.857. The quantitative estimate of drug-likeness (QED) is 0.190. The normalized spacial score (nSPS) is 11.7. The predicted molar refractivity (Wildman–Crippen MR) is 204 cm³/mol. The molecule has 0 saturated carbocycles. The number of hydrogen-bond acceptors (Lipinski definition) is 3. The number of nitrogens with zero attached hydrogens (tertiary/aromatic N) is 1. The van der Waals surface area contributed by atoms with Gasteiger partial charge in [-0.1, -0.05) is 133 Å². The summed E-state index contributed by atoms with van der Waals surface area (Å²) in [6, 6.07) is 61.9. The standard InChI is InChI=1S/C46H29NO2/c1-2-12-30(13-3-1)34-15-6-8-20-40(34)47(41-21-10-19-37-38-29-26-31-14-4-5-16-36(31)45(38)49-46(37)41)33-27-24-32(25-28-33)35-18-11-23-43-44(35)39-17-7-9-22-42(39)48-43/h1-29H. The molecular formula is C46H29NO2. The summed E-state index contributed by atoms with van der Waals surface area (Å²) < 4.78 is 13.1. The van der Waals surface area contributed by atoms with E-state index in [1.807, 2.05) is 18.2 Å². The van der Waals surface area contributed by atoms with Gasteiger partial charge in [0.15, 0.2) is 5.58 Å². The van der Waals surface area contributed by atoms with Gasteiger partial charge in [0.2, 0.25) is 0 Å². The van der Waals surface area contributed by atoms with E-state index in [4.69, 9.17) is 8.83 Å². The maximum absolute atomic E-state index is 6.89. The molecule has 230 valence electrons. The lowest BCUT2D eigenvalue weighted by molar-refractivity contribution is 0.669. The van der Waals surface area contributed by atoms with Crippen LogP contribution in [0.5, 0.6) is 0 Å². The van der Waals surface area contributed by atoms with Crippen molar-refractivity contribution in [3.8, 4) is 22.3 Å². The van der Waals surface area contributed by atoms with Crippen molar-refractivity contribution >= 4 is 71.7 Å². The van der Waals surface area contributed by atoms with Gasteiger partial charge >= 0.3 is 0 Å². The molecule has 10 aromatic rings. The minimum atomic E-state index is 0.857. The van der Waals surface area contributed by atoms with Gasteiger partial charge in [-0.25, -0.2) is 0 Å². The molecule has 0 atom stereocenters. The lowest BCUT2D eigenvalue weighted by Gasteiger charge is -2.28. The highest BCUT2D eigenvalue weighted by atomic mass is 16.3. The van der Waals surface area contributed by atoms with E-state index in [0.717, 1.165) is 94.0 Å². The van der Waals surface area contributed by atoms with Crippen LogP contribution in [0.4, 0.5) is 17.1 Å². The Morgan fingerprint density at radius 3 is 1.88 bits per heavy atom.